The molecule has 0 atom stereocenters. The van der Waals surface area contributed by atoms with Gasteiger partial charge in [-0.2, -0.15) is 0 Å². The van der Waals surface area contributed by atoms with Crippen molar-refractivity contribution >= 4 is 11.6 Å². The van der Waals surface area contributed by atoms with Gasteiger partial charge in [-0.05, 0) is 30.3 Å². The second kappa shape index (κ2) is 7.28. The van der Waals surface area contributed by atoms with Crippen LogP contribution in [0.4, 0.5) is 10.1 Å². The SMILES string of the molecule is COc1ccccc1CNC(=O)CNc1ccc(F)cc1. The van der Waals surface area contributed by atoms with Crippen molar-refractivity contribution < 1.29 is 13.9 Å². The molecule has 0 saturated heterocycles. The molecule has 0 aliphatic heterocycles. The van der Waals surface area contributed by atoms with E-state index in [4.69, 9.17) is 4.74 Å². The third-order valence-electron chi connectivity index (χ3n) is 2.97. The summed E-state index contributed by atoms with van der Waals surface area (Å²) in [6, 6.07) is 13.4. The molecule has 0 aliphatic carbocycles. The molecule has 21 heavy (non-hydrogen) atoms. The highest BCUT2D eigenvalue weighted by Gasteiger charge is 2.05. The first-order valence-electron chi connectivity index (χ1n) is 6.57. The average Bonchev–Trinajstić information content (AvgIpc) is 2.52. The van der Waals surface area contributed by atoms with Crippen LogP contribution in [0.2, 0.25) is 0 Å². The minimum absolute atomic E-state index is 0.126. The fraction of sp³-hybridized carbons (Fsp3) is 0.188. The Morgan fingerprint density at radius 2 is 1.86 bits per heavy atom. The summed E-state index contributed by atoms with van der Waals surface area (Å²) in [5, 5.41) is 5.73. The van der Waals surface area contributed by atoms with Crippen molar-refractivity contribution in [2.75, 3.05) is 19.0 Å². The molecule has 0 bridgehead atoms. The smallest absolute Gasteiger partial charge is 0.239 e. The van der Waals surface area contributed by atoms with Crippen molar-refractivity contribution in [1.29, 1.82) is 0 Å². The number of ether oxygens (including phenoxy) is 1. The molecule has 0 radical (unpaired) electrons. The molecule has 110 valence electrons. The highest BCUT2D eigenvalue weighted by molar-refractivity contribution is 5.80. The van der Waals surface area contributed by atoms with E-state index in [-0.39, 0.29) is 18.3 Å². The van der Waals surface area contributed by atoms with Gasteiger partial charge in [-0.15, -0.1) is 0 Å². The predicted octanol–water partition coefficient (Wildman–Crippen LogP) is 2.56. The molecule has 4 nitrogen and oxygen atoms in total. The lowest BCUT2D eigenvalue weighted by atomic mass is 10.2. The second-order valence-electron chi connectivity index (χ2n) is 4.45. The Hall–Kier alpha value is -2.56. The van der Waals surface area contributed by atoms with Crippen molar-refractivity contribution in [1.82, 2.24) is 5.32 Å². The molecule has 0 saturated carbocycles. The summed E-state index contributed by atoms with van der Waals surface area (Å²) in [5.74, 6) is 0.288. The molecule has 2 aromatic rings. The Morgan fingerprint density at radius 1 is 1.14 bits per heavy atom. The van der Waals surface area contributed by atoms with E-state index in [1.165, 1.54) is 12.1 Å². The third-order valence-corrected chi connectivity index (χ3v) is 2.97. The topological polar surface area (TPSA) is 50.4 Å². The summed E-state index contributed by atoms with van der Waals surface area (Å²) in [6.45, 7) is 0.523. The van der Waals surface area contributed by atoms with E-state index in [0.717, 1.165) is 11.3 Å². The average molecular weight is 288 g/mol. The minimum Gasteiger partial charge on any atom is -0.496 e. The number of carbonyl (C=O) groups excluding carboxylic acids is 1. The molecule has 0 aliphatic rings. The van der Waals surface area contributed by atoms with E-state index in [1.54, 1.807) is 19.2 Å². The minimum atomic E-state index is -0.304. The molecule has 0 unspecified atom stereocenters. The van der Waals surface area contributed by atoms with Crippen molar-refractivity contribution in [3.63, 3.8) is 0 Å². The molecule has 2 rings (SSSR count). The number of para-hydroxylation sites is 1. The zero-order chi connectivity index (χ0) is 15.1. The van der Waals surface area contributed by atoms with Crippen molar-refractivity contribution in [3.8, 4) is 5.75 Å². The molecule has 5 heteroatoms. The summed E-state index contributed by atoms with van der Waals surface area (Å²) in [5.41, 5.74) is 1.61. The van der Waals surface area contributed by atoms with Gasteiger partial charge in [0.2, 0.25) is 5.91 Å². The van der Waals surface area contributed by atoms with Gasteiger partial charge in [0, 0.05) is 17.8 Å². The number of carbonyl (C=O) groups is 1. The van der Waals surface area contributed by atoms with Gasteiger partial charge in [0.25, 0.3) is 0 Å². The monoisotopic (exact) mass is 288 g/mol. The number of amides is 1. The number of anilines is 1. The van der Waals surface area contributed by atoms with E-state index in [2.05, 4.69) is 10.6 Å². The second-order valence-corrected chi connectivity index (χ2v) is 4.45. The Labute approximate surface area is 122 Å². The molecular formula is C16H17FN2O2. The first-order chi connectivity index (χ1) is 10.2. The van der Waals surface area contributed by atoms with Gasteiger partial charge in [0.1, 0.15) is 11.6 Å². The quantitative estimate of drug-likeness (QED) is 0.859. The zero-order valence-electron chi connectivity index (χ0n) is 11.7. The summed E-state index contributed by atoms with van der Waals surface area (Å²) in [6.07, 6.45) is 0. The van der Waals surface area contributed by atoms with Gasteiger partial charge in [0.15, 0.2) is 0 Å². The zero-order valence-corrected chi connectivity index (χ0v) is 11.7. The lowest BCUT2D eigenvalue weighted by molar-refractivity contribution is -0.119. The van der Waals surface area contributed by atoms with Crippen LogP contribution in [0, 0.1) is 5.82 Å². The van der Waals surface area contributed by atoms with Crippen LogP contribution in [0.1, 0.15) is 5.56 Å². The van der Waals surface area contributed by atoms with Crippen molar-refractivity contribution in [3.05, 3.63) is 59.9 Å². The summed E-state index contributed by atoms with van der Waals surface area (Å²) < 4.78 is 18.0. The fourth-order valence-electron chi connectivity index (χ4n) is 1.86. The molecule has 2 N–H and O–H groups in total. The maximum Gasteiger partial charge on any atom is 0.239 e. The number of methoxy groups -OCH3 is 1. The summed E-state index contributed by atoms with van der Waals surface area (Å²) in [4.78, 5) is 11.8. The number of benzene rings is 2. The van der Waals surface area contributed by atoms with Gasteiger partial charge >= 0.3 is 0 Å². The molecule has 0 spiro atoms. The summed E-state index contributed by atoms with van der Waals surface area (Å²) >= 11 is 0. The molecule has 0 heterocycles. The Morgan fingerprint density at radius 3 is 2.57 bits per heavy atom. The van der Waals surface area contributed by atoms with Crippen LogP contribution >= 0.6 is 0 Å². The van der Waals surface area contributed by atoms with Gasteiger partial charge in [0.05, 0.1) is 13.7 Å². The first-order valence-corrected chi connectivity index (χ1v) is 6.57. The van der Waals surface area contributed by atoms with Gasteiger partial charge in [-0.3, -0.25) is 4.79 Å². The highest BCUT2D eigenvalue weighted by Crippen LogP contribution is 2.16. The number of nitrogens with one attached hydrogen (secondary N) is 2. The van der Waals surface area contributed by atoms with E-state index in [0.29, 0.717) is 12.2 Å². The van der Waals surface area contributed by atoms with Gasteiger partial charge in [-0.1, -0.05) is 18.2 Å². The van der Waals surface area contributed by atoms with E-state index < -0.39 is 0 Å². The highest BCUT2D eigenvalue weighted by atomic mass is 19.1. The molecule has 2 aromatic carbocycles. The standard InChI is InChI=1S/C16H17FN2O2/c1-21-15-5-3-2-4-12(15)10-19-16(20)11-18-14-8-6-13(17)7-9-14/h2-9,18H,10-11H2,1H3,(H,19,20). The lowest BCUT2D eigenvalue weighted by Crippen LogP contribution is -2.29. The van der Waals surface area contributed by atoms with Crippen LogP contribution in [0.5, 0.6) is 5.75 Å². The normalized spacial score (nSPS) is 10.0. The van der Waals surface area contributed by atoms with E-state index in [1.807, 2.05) is 24.3 Å². The van der Waals surface area contributed by atoms with Gasteiger partial charge in [-0.25, -0.2) is 4.39 Å². The maximum absolute atomic E-state index is 12.7. The van der Waals surface area contributed by atoms with E-state index >= 15 is 0 Å². The number of rotatable bonds is 6. The Bertz CT molecular complexity index is 599. The lowest BCUT2D eigenvalue weighted by Gasteiger charge is -2.10. The molecule has 0 fully saturated rings. The molecule has 0 aromatic heterocycles. The van der Waals surface area contributed by atoms with Crippen LogP contribution in [0.15, 0.2) is 48.5 Å². The van der Waals surface area contributed by atoms with Crippen LogP contribution in [-0.4, -0.2) is 19.6 Å². The predicted molar refractivity (Wildman–Crippen MR) is 79.7 cm³/mol. The fourth-order valence-corrected chi connectivity index (χ4v) is 1.86. The van der Waals surface area contributed by atoms with E-state index in [9.17, 15) is 9.18 Å². The number of hydrogen-bond donors (Lipinski definition) is 2. The van der Waals surface area contributed by atoms with Crippen molar-refractivity contribution in [2.45, 2.75) is 6.54 Å². The van der Waals surface area contributed by atoms with Crippen LogP contribution in [-0.2, 0) is 11.3 Å². The Balaban J connectivity index is 1.81. The largest absolute Gasteiger partial charge is 0.496 e. The number of halogens is 1. The summed E-state index contributed by atoms with van der Waals surface area (Å²) in [7, 11) is 1.59. The molecular weight excluding hydrogens is 271 g/mol. The maximum atomic E-state index is 12.7. The molecule has 1 amide bonds. The van der Waals surface area contributed by atoms with Crippen LogP contribution in [0.25, 0.3) is 0 Å². The van der Waals surface area contributed by atoms with Crippen LogP contribution < -0.4 is 15.4 Å². The van der Waals surface area contributed by atoms with Gasteiger partial charge < -0.3 is 15.4 Å². The first kappa shape index (κ1) is 14.8. The third kappa shape index (κ3) is 4.49. The van der Waals surface area contributed by atoms with Crippen molar-refractivity contribution in [2.24, 2.45) is 0 Å². The number of hydrogen-bond acceptors (Lipinski definition) is 3. The van der Waals surface area contributed by atoms with Crippen LogP contribution in [0.3, 0.4) is 0 Å². The Kier molecular flexibility index (Phi) is 5.15.